The van der Waals surface area contributed by atoms with Gasteiger partial charge < -0.3 is 0 Å². The van der Waals surface area contributed by atoms with E-state index in [1.807, 2.05) is 0 Å². The Kier molecular flexibility index (Phi) is 2.23. The first-order valence-electron chi connectivity index (χ1n) is 3.64. The average Bonchev–Trinajstić information content (AvgIpc) is 2.45. The van der Waals surface area contributed by atoms with E-state index in [0.717, 1.165) is 5.38 Å². The molecule has 0 bridgehead atoms. The molecule has 0 aliphatic carbocycles. The summed E-state index contributed by atoms with van der Waals surface area (Å²) in [7, 11) is 0. The highest BCUT2D eigenvalue weighted by atomic mass is 35.5. The van der Waals surface area contributed by atoms with Crippen LogP contribution in [0.2, 0.25) is 5.28 Å². The molecule has 0 radical (unpaired) electrons. The Morgan fingerprint density at radius 2 is 2.13 bits per heavy atom. The fourth-order valence-electron chi connectivity index (χ4n) is 1.10. The van der Waals surface area contributed by atoms with Gasteiger partial charge in [0.2, 0.25) is 5.28 Å². The van der Waals surface area contributed by atoms with Crippen LogP contribution in [0.4, 0.5) is 13.2 Å². The first-order valence-corrected chi connectivity index (χ1v) is 4.89. The molecule has 2 aromatic rings. The maximum Gasteiger partial charge on any atom is 0.419 e. The Labute approximate surface area is 89.5 Å². The molecule has 0 saturated carbocycles. The minimum Gasteiger partial charge on any atom is -0.296 e. The predicted octanol–water partition coefficient (Wildman–Crippen LogP) is 2.66. The van der Waals surface area contributed by atoms with E-state index >= 15 is 0 Å². The molecule has 80 valence electrons. The smallest absolute Gasteiger partial charge is 0.296 e. The summed E-state index contributed by atoms with van der Waals surface area (Å²) in [5.74, 6) is 0. The summed E-state index contributed by atoms with van der Waals surface area (Å²) in [6.07, 6.45) is -4.53. The molecule has 0 saturated heterocycles. The summed E-state index contributed by atoms with van der Waals surface area (Å²) in [5, 5.41) is 0.500. The fourth-order valence-corrected chi connectivity index (χ4v) is 2.18. The summed E-state index contributed by atoms with van der Waals surface area (Å²) in [5.41, 5.74) is -2.00. The number of nitrogens with one attached hydrogen (secondary N) is 1. The molecule has 1 N–H and O–H groups in total. The van der Waals surface area contributed by atoms with Gasteiger partial charge in [0.1, 0.15) is 10.2 Å². The van der Waals surface area contributed by atoms with Crippen LogP contribution in [0.5, 0.6) is 0 Å². The number of aromatic nitrogens is 2. The summed E-state index contributed by atoms with van der Waals surface area (Å²) in [6, 6.07) is 0. The molecule has 15 heavy (non-hydrogen) atoms. The zero-order valence-corrected chi connectivity index (χ0v) is 8.43. The molecule has 0 amide bonds. The van der Waals surface area contributed by atoms with Crippen molar-refractivity contribution in [2.45, 2.75) is 6.18 Å². The predicted molar refractivity (Wildman–Crippen MR) is 50.3 cm³/mol. The number of H-pyrrole nitrogens is 1. The van der Waals surface area contributed by atoms with E-state index in [1.165, 1.54) is 0 Å². The highest BCUT2D eigenvalue weighted by Crippen LogP contribution is 2.36. The van der Waals surface area contributed by atoms with Crippen LogP contribution < -0.4 is 5.56 Å². The summed E-state index contributed by atoms with van der Waals surface area (Å²) in [4.78, 5) is 16.8. The molecule has 0 unspecified atom stereocenters. The minimum absolute atomic E-state index is 0.0771. The third-order valence-corrected chi connectivity index (χ3v) is 2.85. The van der Waals surface area contributed by atoms with Crippen molar-refractivity contribution in [3.05, 3.63) is 26.6 Å². The molecular weight excluding hydrogens is 253 g/mol. The SMILES string of the molecule is O=c1[nH]c(Cl)nc2c(C(F)(F)F)csc12. The van der Waals surface area contributed by atoms with Gasteiger partial charge in [-0.1, -0.05) is 0 Å². The van der Waals surface area contributed by atoms with E-state index in [1.54, 1.807) is 0 Å². The second-order valence-corrected chi connectivity index (χ2v) is 3.92. The van der Waals surface area contributed by atoms with Crippen molar-refractivity contribution in [1.82, 2.24) is 9.97 Å². The molecule has 3 nitrogen and oxygen atoms in total. The molecule has 2 rings (SSSR count). The van der Waals surface area contributed by atoms with Gasteiger partial charge in [-0.2, -0.15) is 13.2 Å². The lowest BCUT2D eigenvalue weighted by Crippen LogP contribution is -2.09. The standard InChI is InChI=1S/C7H2ClF3N2OS/c8-6-12-3-2(7(9,10)11)1-15-4(3)5(14)13-6/h1H,(H,12,13,14). The summed E-state index contributed by atoms with van der Waals surface area (Å²) in [6.45, 7) is 0. The summed E-state index contributed by atoms with van der Waals surface area (Å²) >= 11 is 6.06. The van der Waals surface area contributed by atoms with Crippen LogP contribution in [0, 0.1) is 0 Å². The fraction of sp³-hybridized carbons (Fsp3) is 0.143. The molecule has 0 aliphatic heterocycles. The molecule has 0 spiro atoms. The molecule has 0 fully saturated rings. The van der Waals surface area contributed by atoms with Crippen LogP contribution in [0.1, 0.15) is 5.56 Å². The summed E-state index contributed by atoms with van der Waals surface area (Å²) < 4.78 is 37.2. The van der Waals surface area contributed by atoms with Crippen molar-refractivity contribution < 1.29 is 13.2 Å². The Morgan fingerprint density at radius 3 is 2.73 bits per heavy atom. The van der Waals surface area contributed by atoms with Crippen LogP contribution in [0.15, 0.2) is 10.2 Å². The lowest BCUT2D eigenvalue weighted by Gasteiger charge is -2.02. The topological polar surface area (TPSA) is 45.8 Å². The van der Waals surface area contributed by atoms with E-state index in [0.29, 0.717) is 11.3 Å². The Bertz CT molecular complexity index is 574. The minimum atomic E-state index is -4.53. The molecule has 0 atom stereocenters. The Balaban J connectivity index is 2.86. The highest BCUT2D eigenvalue weighted by molar-refractivity contribution is 7.17. The lowest BCUT2D eigenvalue weighted by atomic mass is 10.3. The maximum absolute atomic E-state index is 12.4. The van der Waals surface area contributed by atoms with E-state index in [9.17, 15) is 18.0 Å². The van der Waals surface area contributed by atoms with Crippen molar-refractivity contribution in [3.63, 3.8) is 0 Å². The normalized spacial score (nSPS) is 12.3. The van der Waals surface area contributed by atoms with E-state index in [-0.39, 0.29) is 9.98 Å². The number of hydrogen-bond acceptors (Lipinski definition) is 3. The highest BCUT2D eigenvalue weighted by Gasteiger charge is 2.35. The second kappa shape index (κ2) is 3.21. The Morgan fingerprint density at radius 1 is 1.47 bits per heavy atom. The van der Waals surface area contributed by atoms with Gasteiger partial charge in [0.05, 0.1) is 5.56 Å². The number of aromatic amines is 1. The van der Waals surface area contributed by atoms with Crippen molar-refractivity contribution in [2.24, 2.45) is 0 Å². The van der Waals surface area contributed by atoms with Crippen LogP contribution in [0.25, 0.3) is 10.2 Å². The van der Waals surface area contributed by atoms with Gasteiger partial charge >= 0.3 is 6.18 Å². The number of fused-ring (bicyclic) bond motifs is 1. The number of rotatable bonds is 0. The maximum atomic E-state index is 12.4. The molecule has 0 aromatic carbocycles. The number of hydrogen-bond donors (Lipinski definition) is 1. The van der Waals surface area contributed by atoms with E-state index in [4.69, 9.17) is 11.6 Å². The number of nitrogens with zero attached hydrogens (tertiary/aromatic N) is 1. The quantitative estimate of drug-likeness (QED) is 0.735. The van der Waals surface area contributed by atoms with E-state index in [2.05, 4.69) is 9.97 Å². The number of thiophene rings is 1. The van der Waals surface area contributed by atoms with Crippen LogP contribution in [0.3, 0.4) is 0 Å². The lowest BCUT2D eigenvalue weighted by molar-refractivity contribution is -0.136. The molecule has 2 heterocycles. The second-order valence-electron chi connectivity index (χ2n) is 2.68. The van der Waals surface area contributed by atoms with Crippen molar-refractivity contribution >= 4 is 33.2 Å². The van der Waals surface area contributed by atoms with Crippen molar-refractivity contribution in [3.8, 4) is 0 Å². The zero-order chi connectivity index (χ0) is 11.2. The van der Waals surface area contributed by atoms with Crippen molar-refractivity contribution in [1.29, 1.82) is 0 Å². The molecule has 2 aromatic heterocycles. The first kappa shape index (κ1) is 10.4. The van der Waals surface area contributed by atoms with Gasteiger partial charge in [0.15, 0.2) is 0 Å². The molecule has 8 heteroatoms. The van der Waals surface area contributed by atoms with Gasteiger partial charge in [-0.05, 0) is 11.6 Å². The van der Waals surface area contributed by atoms with Gasteiger partial charge in [0.25, 0.3) is 5.56 Å². The first-order chi connectivity index (χ1) is 6.89. The van der Waals surface area contributed by atoms with Gasteiger partial charge in [-0.15, -0.1) is 11.3 Å². The Hall–Kier alpha value is -1.08. The van der Waals surface area contributed by atoms with Gasteiger partial charge in [-0.3, -0.25) is 9.78 Å². The third kappa shape index (κ3) is 1.72. The van der Waals surface area contributed by atoms with Gasteiger partial charge in [-0.25, -0.2) is 4.98 Å². The van der Waals surface area contributed by atoms with Crippen LogP contribution in [-0.4, -0.2) is 9.97 Å². The van der Waals surface area contributed by atoms with E-state index < -0.39 is 22.8 Å². The largest absolute Gasteiger partial charge is 0.419 e. The van der Waals surface area contributed by atoms with Crippen LogP contribution in [-0.2, 0) is 6.18 Å². The van der Waals surface area contributed by atoms with Gasteiger partial charge in [0, 0.05) is 5.38 Å². The zero-order valence-electron chi connectivity index (χ0n) is 6.85. The molecule has 0 aliphatic rings. The monoisotopic (exact) mass is 254 g/mol. The number of alkyl halides is 3. The third-order valence-electron chi connectivity index (χ3n) is 1.70. The number of halogens is 4. The molecular formula is C7H2ClF3N2OS. The van der Waals surface area contributed by atoms with Crippen molar-refractivity contribution in [2.75, 3.05) is 0 Å². The average molecular weight is 255 g/mol. The van der Waals surface area contributed by atoms with Crippen LogP contribution >= 0.6 is 22.9 Å².